The van der Waals surface area contributed by atoms with E-state index < -0.39 is 11.7 Å². The van der Waals surface area contributed by atoms with Crippen LogP contribution in [0.25, 0.3) is 10.9 Å². The van der Waals surface area contributed by atoms with E-state index in [0.717, 1.165) is 16.5 Å². The van der Waals surface area contributed by atoms with Crippen molar-refractivity contribution in [2.75, 3.05) is 7.11 Å². The number of rotatable bonds is 3. The van der Waals surface area contributed by atoms with Crippen LogP contribution in [-0.4, -0.2) is 28.9 Å². The number of H-pyrrole nitrogens is 1. The van der Waals surface area contributed by atoms with Crippen LogP contribution in [0.5, 0.6) is 0 Å². The van der Waals surface area contributed by atoms with Crippen LogP contribution in [0.2, 0.25) is 0 Å². The van der Waals surface area contributed by atoms with Gasteiger partial charge in [-0.25, -0.2) is 4.79 Å². The fourth-order valence-electron chi connectivity index (χ4n) is 1.77. The molecule has 4 N–H and O–H groups in total. The summed E-state index contributed by atoms with van der Waals surface area (Å²) in [4.78, 5) is 14.3. The zero-order valence-corrected chi connectivity index (χ0v) is 9.43. The Hall–Kier alpha value is -1.85. The molecule has 1 atom stereocenters. The summed E-state index contributed by atoms with van der Waals surface area (Å²) in [5.74, 6) is -0.841. The van der Waals surface area contributed by atoms with Gasteiger partial charge in [0.25, 0.3) is 0 Å². The molecule has 1 heterocycles. The second-order valence-electron chi connectivity index (χ2n) is 3.99. The Morgan fingerprint density at radius 1 is 1.53 bits per heavy atom. The normalized spacial score (nSPS) is 14.5. The topological polar surface area (TPSA) is 88.3 Å². The first-order valence-electron chi connectivity index (χ1n) is 5.18. The van der Waals surface area contributed by atoms with Crippen LogP contribution >= 0.6 is 0 Å². The molecule has 0 bridgehead atoms. The smallest absolute Gasteiger partial charge is 0.353 e. The van der Waals surface area contributed by atoms with Crippen molar-refractivity contribution >= 4 is 16.9 Å². The Bertz CT molecular complexity index is 545. The third-order valence-electron chi connectivity index (χ3n) is 2.63. The first-order valence-corrected chi connectivity index (χ1v) is 5.18. The molecule has 5 heteroatoms. The van der Waals surface area contributed by atoms with Gasteiger partial charge in [0.1, 0.15) is 0 Å². The maximum Gasteiger partial charge on any atom is 0.353 e. The fourth-order valence-corrected chi connectivity index (χ4v) is 1.77. The number of ether oxygens (including phenoxy) is 1. The number of methoxy groups -OCH3 is 1. The molecule has 2 rings (SSSR count). The standard InChI is InChI=1S/C12H14N2O3/c1-17-11(15)12(13,16)7-8-2-3-10-9(6-8)4-5-14-10/h2-6,14,16H,7,13H2,1H3. The van der Waals surface area contributed by atoms with Crippen LogP contribution in [0.15, 0.2) is 30.5 Å². The number of carbonyl (C=O) groups is 1. The van der Waals surface area contributed by atoms with E-state index in [1.165, 1.54) is 7.11 Å². The molecule has 90 valence electrons. The van der Waals surface area contributed by atoms with Crippen molar-refractivity contribution < 1.29 is 14.6 Å². The highest BCUT2D eigenvalue weighted by Crippen LogP contribution is 2.17. The van der Waals surface area contributed by atoms with Crippen LogP contribution < -0.4 is 5.73 Å². The van der Waals surface area contributed by atoms with Gasteiger partial charge in [0.15, 0.2) is 0 Å². The molecule has 0 aliphatic carbocycles. The number of hydrogen-bond donors (Lipinski definition) is 3. The molecule has 0 radical (unpaired) electrons. The number of carbonyl (C=O) groups excluding carboxylic acids is 1. The molecular weight excluding hydrogens is 220 g/mol. The van der Waals surface area contributed by atoms with Crippen LogP contribution in [0, 0.1) is 0 Å². The Labute approximate surface area is 98.2 Å². The van der Waals surface area contributed by atoms with E-state index in [9.17, 15) is 9.90 Å². The summed E-state index contributed by atoms with van der Waals surface area (Å²) in [6.45, 7) is 0. The summed E-state index contributed by atoms with van der Waals surface area (Å²) in [7, 11) is 1.19. The minimum atomic E-state index is -1.99. The molecule has 1 unspecified atom stereocenters. The second-order valence-corrected chi connectivity index (χ2v) is 3.99. The van der Waals surface area contributed by atoms with Gasteiger partial charge < -0.3 is 14.8 Å². The average Bonchev–Trinajstić information content (AvgIpc) is 2.74. The molecule has 0 spiro atoms. The second kappa shape index (κ2) is 4.20. The maximum atomic E-state index is 11.2. The third kappa shape index (κ3) is 2.30. The van der Waals surface area contributed by atoms with Crippen molar-refractivity contribution in [3.8, 4) is 0 Å². The third-order valence-corrected chi connectivity index (χ3v) is 2.63. The molecule has 1 aromatic heterocycles. The summed E-state index contributed by atoms with van der Waals surface area (Å²) in [6.07, 6.45) is 1.84. The van der Waals surface area contributed by atoms with Crippen molar-refractivity contribution in [3.05, 3.63) is 36.0 Å². The van der Waals surface area contributed by atoms with E-state index in [1.54, 1.807) is 6.07 Å². The van der Waals surface area contributed by atoms with E-state index >= 15 is 0 Å². The van der Waals surface area contributed by atoms with E-state index in [-0.39, 0.29) is 6.42 Å². The van der Waals surface area contributed by atoms with Gasteiger partial charge in [0.2, 0.25) is 5.72 Å². The lowest BCUT2D eigenvalue weighted by atomic mass is 10.0. The number of fused-ring (bicyclic) bond motifs is 1. The van der Waals surface area contributed by atoms with E-state index in [2.05, 4.69) is 9.72 Å². The first-order chi connectivity index (χ1) is 8.03. The molecule has 17 heavy (non-hydrogen) atoms. The molecule has 2 aromatic rings. The predicted molar refractivity (Wildman–Crippen MR) is 63.2 cm³/mol. The number of benzene rings is 1. The highest BCUT2D eigenvalue weighted by Gasteiger charge is 2.32. The van der Waals surface area contributed by atoms with Gasteiger partial charge in [-0.3, -0.25) is 5.73 Å². The SMILES string of the molecule is COC(=O)C(N)(O)Cc1ccc2[nH]ccc2c1. The highest BCUT2D eigenvalue weighted by molar-refractivity contribution is 5.81. The van der Waals surface area contributed by atoms with E-state index in [1.807, 2.05) is 24.4 Å². The van der Waals surface area contributed by atoms with E-state index in [0.29, 0.717) is 0 Å². The quantitative estimate of drug-likeness (QED) is 0.534. The molecule has 0 saturated carbocycles. The van der Waals surface area contributed by atoms with Crippen LogP contribution in [0.3, 0.4) is 0 Å². The Morgan fingerprint density at radius 3 is 3.00 bits per heavy atom. The molecule has 0 aliphatic rings. The summed E-state index contributed by atoms with van der Waals surface area (Å²) >= 11 is 0. The summed E-state index contributed by atoms with van der Waals surface area (Å²) in [6, 6.07) is 7.46. The predicted octanol–water partition coefficient (Wildman–Crippen LogP) is 0.531. The van der Waals surface area contributed by atoms with Gasteiger partial charge in [-0.05, 0) is 29.1 Å². The highest BCUT2D eigenvalue weighted by atomic mass is 16.5. The maximum absolute atomic E-state index is 11.2. The van der Waals surface area contributed by atoms with Gasteiger partial charge in [-0.15, -0.1) is 0 Å². The van der Waals surface area contributed by atoms with Crippen molar-refractivity contribution in [1.82, 2.24) is 4.98 Å². The first kappa shape index (κ1) is 11.6. The average molecular weight is 234 g/mol. The van der Waals surface area contributed by atoms with Crippen molar-refractivity contribution in [2.24, 2.45) is 5.73 Å². The number of nitrogens with one attached hydrogen (secondary N) is 1. The van der Waals surface area contributed by atoms with Crippen molar-refractivity contribution in [1.29, 1.82) is 0 Å². The van der Waals surface area contributed by atoms with Crippen LogP contribution in [-0.2, 0) is 16.0 Å². The van der Waals surface area contributed by atoms with Crippen LogP contribution in [0.4, 0.5) is 0 Å². The van der Waals surface area contributed by atoms with Gasteiger partial charge >= 0.3 is 5.97 Å². The van der Waals surface area contributed by atoms with Crippen LogP contribution in [0.1, 0.15) is 5.56 Å². The number of hydrogen-bond acceptors (Lipinski definition) is 4. The molecular formula is C12H14N2O3. The van der Waals surface area contributed by atoms with Crippen molar-refractivity contribution in [3.63, 3.8) is 0 Å². The Kier molecular flexibility index (Phi) is 2.87. The fraction of sp³-hybridized carbons (Fsp3) is 0.250. The number of nitrogens with two attached hydrogens (primary N) is 1. The zero-order valence-electron chi connectivity index (χ0n) is 9.43. The zero-order chi connectivity index (χ0) is 12.5. The minimum Gasteiger partial charge on any atom is -0.466 e. The van der Waals surface area contributed by atoms with Gasteiger partial charge in [-0.1, -0.05) is 6.07 Å². The summed E-state index contributed by atoms with van der Waals surface area (Å²) in [5, 5.41) is 10.8. The molecule has 0 aliphatic heterocycles. The lowest BCUT2D eigenvalue weighted by Gasteiger charge is -2.19. The molecule has 5 nitrogen and oxygen atoms in total. The lowest BCUT2D eigenvalue weighted by Crippen LogP contribution is -2.50. The number of esters is 1. The van der Waals surface area contributed by atoms with Crippen molar-refractivity contribution in [2.45, 2.75) is 12.1 Å². The lowest BCUT2D eigenvalue weighted by molar-refractivity contribution is -0.161. The largest absolute Gasteiger partial charge is 0.466 e. The van der Waals surface area contributed by atoms with E-state index in [4.69, 9.17) is 5.73 Å². The molecule has 1 aromatic carbocycles. The monoisotopic (exact) mass is 234 g/mol. The van der Waals surface area contributed by atoms with Gasteiger partial charge in [0, 0.05) is 18.1 Å². The summed E-state index contributed by atoms with van der Waals surface area (Å²) in [5.41, 5.74) is 5.27. The van der Waals surface area contributed by atoms with Gasteiger partial charge in [0.05, 0.1) is 7.11 Å². The number of aromatic nitrogens is 1. The Morgan fingerprint density at radius 2 is 2.29 bits per heavy atom. The van der Waals surface area contributed by atoms with Gasteiger partial charge in [-0.2, -0.15) is 0 Å². The number of aromatic amines is 1. The number of aliphatic hydroxyl groups is 1. The molecule has 0 saturated heterocycles. The Balaban J connectivity index is 2.25. The summed E-state index contributed by atoms with van der Waals surface area (Å²) < 4.78 is 4.44. The molecule has 0 fully saturated rings. The molecule has 0 amide bonds. The minimum absolute atomic E-state index is 0.0147.